The van der Waals surface area contributed by atoms with Gasteiger partial charge >= 0.3 is 11.9 Å². The Balaban J connectivity index is 4.39. The van der Waals surface area contributed by atoms with Crippen LogP contribution in [-0.2, 0) is 19.1 Å². The van der Waals surface area contributed by atoms with E-state index in [-0.39, 0.29) is 18.0 Å². The molecule has 0 saturated heterocycles. The van der Waals surface area contributed by atoms with Crippen molar-refractivity contribution in [1.29, 1.82) is 0 Å². The molecule has 0 radical (unpaired) electrons. The summed E-state index contributed by atoms with van der Waals surface area (Å²) in [5.41, 5.74) is 0. The third-order valence-electron chi connectivity index (χ3n) is 10.0. The van der Waals surface area contributed by atoms with E-state index in [2.05, 4.69) is 25.7 Å². The average molecular weight is 680 g/mol. The molecule has 0 aliphatic heterocycles. The van der Waals surface area contributed by atoms with Gasteiger partial charge in [-0.2, -0.15) is 0 Å². The van der Waals surface area contributed by atoms with Crippen LogP contribution in [0.15, 0.2) is 0 Å². The summed E-state index contributed by atoms with van der Waals surface area (Å²) in [6, 6.07) is 0. The van der Waals surface area contributed by atoms with E-state index in [1.165, 1.54) is 141 Å². The van der Waals surface area contributed by atoms with Gasteiger partial charge in [-0.25, -0.2) is 0 Å². The third-order valence-corrected chi connectivity index (χ3v) is 10.0. The molecule has 5 nitrogen and oxygen atoms in total. The molecule has 0 bridgehead atoms. The van der Waals surface area contributed by atoms with Crippen LogP contribution in [0.4, 0.5) is 0 Å². The Morgan fingerprint density at radius 1 is 0.458 bits per heavy atom. The minimum absolute atomic E-state index is 0.0180. The Kier molecular flexibility index (Phi) is 36.3. The Labute approximate surface area is 300 Å². The molecule has 0 spiro atoms. The molecule has 0 aromatic rings. The number of carbonyl (C=O) groups excluding carboxylic acids is 2. The second kappa shape index (κ2) is 37.2. The molecule has 48 heavy (non-hydrogen) atoms. The van der Waals surface area contributed by atoms with Crippen molar-refractivity contribution in [3.8, 4) is 0 Å². The van der Waals surface area contributed by atoms with Crippen LogP contribution in [0.5, 0.6) is 0 Å². The first-order chi connectivity index (χ1) is 23.4. The Bertz CT molecular complexity index is 662. The molecule has 0 saturated carbocycles. The van der Waals surface area contributed by atoms with Gasteiger partial charge in [0.1, 0.15) is 6.10 Å². The first-order valence-corrected chi connectivity index (χ1v) is 21.4. The Morgan fingerprint density at radius 2 is 0.854 bits per heavy atom. The van der Waals surface area contributed by atoms with Gasteiger partial charge < -0.3 is 14.4 Å². The second-order valence-corrected chi connectivity index (χ2v) is 15.2. The van der Waals surface area contributed by atoms with Crippen molar-refractivity contribution in [1.82, 2.24) is 4.90 Å². The standard InChI is InChI=1S/C43H85NO4/c1-6-9-12-15-17-19-22-25-31-40(32-26-23-20-18-16-13-10-7-2)37-39-47-42(45)35-29-24-28-34-41(33-27-21-14-11-8-3)48-43(46)36-30-38-44(4)5/h40-41H,6-39H2,1-5H3. The predicted octanol–water partition coefficient (Wildman–Crippen LogP) is 13.2. The van der Waals surface area contributed by atoms with Gasteiger partial charge in [0.25, 0.3) is 0 Å². The normalized spacial score (nSPS) is 12.2. The maximum absolute atomic E-state index is 12.6. The number of hydrogen-bond donors (Lipinski definition) is 0. The smallest absolute Gasteiger partial charge is 0.306 e. The highest BCUT2D eigenvalue weighted by Crippen LogP contribution is 2.23. The number of unbranched alkanes of at least 4 members (excludes halogenated alkanes) is 20. The minimum atomic E-state index is -0.0536. The van der Waals surface area contributed by atoms with Crippen molar-refractivity contribution in [3.63, 3.8) is 0 Å². The maximum atomic E-state index is 12.6. The van der Waals surface area contributed by atoms with Gasteiger partial charge in [-0.3, -0.25) is 9.59 Å². The van der Waals surface area contributed by atoms with E-state index in [0.717, 1.165) is 57.9 Å². The molecule has 0 aromatic heterocycles. The number of ether oxygens (including phenoxy) is 2. The van der Waals surface area contributed by atoms with Gasteiger partial charge in [0.15, 0.2) is 0 Å². The predicted molar refractivity (Wildman–Crippen MR) is 208 cm³/mol. The van der Waals surface area contributed by atoms with Gasteiger partial charge in [-0.05, 0) is 71.5 Å². The van der Waals surface area contributed by atoms with Crippen LogP contribution in [0.1, 0.15) is 226 Å². The molecule has 5 heteroatoms. The van der Waals surface area contributed by atoms with Crippen LogP contribution in [0.25, 0.3) is 0 Å². The van der Waals surface area contributed by atoms with Gasteiger partial charge in [-0.1, -0.05) is 168 Å². The molecule has 0 aliphatic rings. The SMILES string of the molecule is CCCCCCCCCCC(CCCCCCCCCC)CCOC(=O)CCCCCC(CCCCCCC)OC(=O)CCCN(C)C. The van der Waals surface area contributed by atoms with Crippen molar-refractivity contribution >= 4 is 11.9 Å². The van der Waals surface area contributed by atoms with Crippen molar-refractivity contribution < 1.29 is 19.1 Å². The first kappa shape index (κ1) is 46.9. The lowest BCUT2D eigenvalue weighted by atomic mass is 9.91. The zero-order valence-corrected chi connectivity index (χ0v) is 33.3. The second-order valence-electron chi connectivity index (χ2n) is 15.2. The van der Waals surface area contributed by atoms with Crippen molar-refractivity contribution in [2.45, 2.75) is 232 Å². The Morgan fingerprint density at radius 3 is 1.31 bits per heavy atom. The number of rotatable bonds is 38. The van der Waals surface area contributed by atoms with Crippen molar-refractivity contribution in [3.05, 3.63) is 0 Å². The van der Waals surface area contributed by atoms with Crippen LogP contribution in [0.3, 0.4) is 0 Å². The molecule has 0 heterocycles. The van der Waals surface area contributed by atoms with Crippen LogP contribution < -0.4 is 0 Å². The first-order valence-electron chi connectivity index (χ1n) is 21.4. The van der Waals surface area contributed by atoms with Crippen molar-refractivity contribution in [2.75, 3.05) is 27.2 Å². The van der Waals surface area contributed by atoms with Crippen molar-refractivity contribution in [2.24, 2.45) is 5.92 Å². The van der Waals surface area contributed by atoms with E-state index in [1.54, 1.807) is 0 Å². The third kappa shape index (κ3) is 34.8. The van der Waals surface area contributed by atoms with E-state index >= 15 is 0 Å². The lowest BCUT2D eigenvalue weighted by Crippen LogP contribution is -2.20. The zero-order chi connectivity index (χ0) is 35.3. The van der Waals surface area contributed by atoms with Gasteiger partial charge in [-0.15, -0.1) is 0 Å². The van der Waals surface area contributed by atoms with Gasteiger partial charge in [0.2, 0.25) is 0 Å². The maximum Gasteiger partial charge on any atom is 0.306 e. The molecule has 0 amide bonds. The summed E-state index contributed by atoms with van der Waals surface area (Å²) < 4.78 is 11.7. The summed E-state index contributed by atoms with van der Waals surface area (Å²) in [5.74, 6) is 0.609. The highest BCUT2D eigenvalue weighted by Gasteiger charge is 2.15. The van der Waals surface area contributed by atoms with Gasteiger partial charge in [0.05, 0.1) is 6.61 Å². The number of carbonyl (C=O) groups is 2. The molecular weight excluding hydrogens is 594 g/mol. The summed E-state index contributed by atoms with van der Waals surface area (Å²) in [7, 11) is 4.07. The largest absolute Gasteiger partial charge is 0.466 e. The summed E-state index contributed by atoms with van der Waals surface area (Å²) in [5, 5.41) is 0. The molecule has 0 fully saturated rings. The van der Waals surface area contributed by atoms with E-state index in [0.29, 0.717) is 25.4 Å². The van der Waals surface area contributed by atoms with Gasteiger partial charge in [0, 0.05) is 12.8 Å². The molecule has 1 atom stereocenters. The molecule has 0 aliphatic carbocycles. The molecule has 0 rings (SSSR count). The quantitative estimate of drug-likeness (QED) is 0.0480. The average Bonchev–Trinajstić information content (AvgIpc) is 3.06. The van der Waals surface area contributed by atoms with E-state index in [9.17, 15) is 9.59 Å². The highest BCUT2D eigenvalue weighted by molar-refractivity contribution is 5.69. The summed E-state index contributed by atoms with van der Waals surface area (Å²) >= 11 is 0. The lowest BCUT2D eigenvalue weighted by molar-refractivity contribution is -0.150. The number of esters is 2. The van der Waals surface area contributed by atoms with Crippen LogP contribution in [-0.4, -0.2) is 50.2 Å². The molecule has 0 aromatic carbocycles. The Hall–Kier alpha value is -1.10. The summed E-state index contributed by atoms with van der Waals surface area (Å²) in [6.07, 6.45) is 38.2. The zero-order valence-electron chi connectivity index (χ0n) is 33.3. The fourth-order valence-electron chi connectivity index (χ4n) is 6.82. The van der Waals surface area contributed by atoms with E-state index in [1.807, 2.05) is 14.1 Å². The minimum Gasteiger partial charge on any atom is -0.466 e. The number of hydrogen-bond acceptors (Lipinski definition) is 5. The fourth-order valence-corrected chi connectivity index (χ4v) is 6.82. The van der Waals surface area contributed by atoms with Crippen LogP contribution in [0, 0.1) is 5.92 Å². The van der Waals surface area contributed by atoms with E-state index in [4.69, 9.17) is 9.47 Å². The van der Waals surface area contributed by atoms with Crippen LogP contribution >= 0.6 is 0 Å². The molecule has 0 N–H and O–H groups in total. The topological polar surface area (TPSA) is 55.8 Å². The highest BCUT2D eigenvalue weighted by atomic mass is 16.5. The lowest BCUT2D eigenvalue weighted by Gasteiger charge is -2.18. The molecule has 286 valence electrons. The molecule has 1 unspecified atom stereocenters. The summed E-state index contributed by atoms with van der Waals surface area (Å²) in [4.78, 5) is 27.1. The van der Waals surface area contributed by atoms with Crippen LogP contribution in [0.2, 0.25) is 0 Å². The number of nitrogens with zero attached hydrogens (tertiary/aromatic N) is 1. The molecular formula is C43H85NO4. The monoisotopic (exact) mass is 680 g/mol. The van der Waals surface area contributed by atoms with E-state index < -0.39 is 0 Å². The fraction of sp³-hybridized carbons (Fsp3) is 0.953. The summed E-state index contributed by atoms with van der Waals surface area (Å²) in [6.45, 7) is 8.30.